The van der Waals surface area contributed by atoms with Crippen molar-refractivity contribution in [3.8, 4) is 5.88 Å². The van der Waals surface area contributed by atoms with Crippen molar-refractivity contribution in [1.82, 2.24) is 15.2 Å². The van der Waals surface area contributed by atoms with E-state index in [1.165, 1.54) is 26.5 Å². The highest BCUT2D eigenvalue weighted by Gasteiger charge is 2.24. The fourth-order valence-corrected chi connectivity index (χ4v) is 1.72. The van der Waals surface area contributed by atoms with Gasteiger partial charge in [0.15, 0.2) is 0 Å². The number of nitrogens with one attached hydrogen (secondary N) is 1. The van der Waals surface area contributed by atoms with Crippen molar-refractivity contribution >= 4 is 23.9 Å². The van der Waals surface area contributed by atoms with Crippen LogP contribution in [-0.2, 0) is 4.79 Å². The van der Waals surface area contributed by atoms with Gasteiger partial charge in [-0.15, -0.1) is 5.10 Å². The third-order valence-electron chi connectivity index (χ3n) is 2.99. The van der Waals surface area contributed by atoms with E-state index >= 15 is 0 Å². The van der Waals surface area contributed by atoms with Crippen molar-refractivity contribution in [3.05, 3.63) is 46.5 Å². The smallest absolute Gasteiger partial charge is 0.350 e. The Kier molecular flexibility index (Phi) is 5.45. The van der Waals surface area contributed by atoms with Crippen LogP contribution in [0.5, 0.6) is 5.88 Å². The van der Waals surface area contributed by atoms with Crippen LogP contribution >= 0.6 is 0 Å². The summed E-state index contributed by atoms with van der Waals surface area (Å²) in [6.07, 6.45) is 7.30. The molecule has 10 heteroatoms. The molecule has 0 bridgehead atoms. The van der Waals surface area contributed by atoms with Gasteiger partial charge in [-0.25, -0.2) is 10.1 Å². The van der Waals surface area contributed by atoms with Gasteiger partial charge in [0.2, 0.25) is 0 Å². The van der Waals surface area contributed by atoms with Crippen LogP contribution in [0.4, 0.5) is 5.69 Å². The Morgan fingerprint density at radius 2 is 2.42 bits per heavy atom. The molecule has 0 saturated carbocycles. The number of hydrogen-bond acceptors (Lipinski definition) is 7. The molecule has 0 spiro atoms. The van der Waals surface area contributed by atoms with E-state index in [4.69, 9.17) is 9.15 Å². The molecule has 0 unspecified atom stereocenters. The number of methoxy groups -OCH3 is 1. The minimum atomic E-state index is -0.807. The number of ether oxygens (including phenoxy) is 1. The zero-order valence-electron chi connectivity index (χ0n) is 12.9. The molecule has 0 fully saturated rings. The number of allylic oxidation sites excluding steroid dienone is 1. The molecule has 0 aromatic carbocycles. The fraction of sp³-hybridized carbons (Fsp3) is 0.214. The van der Waals surface area contributed by atoms with Gasteiger partial charge >= 0.3 is 11.6 Å². The monoisotopic (exact) mass is 333 g/mol. The van der Waals surface area contributed by atoms with E-state index in [0.29, 0.717) is 5.76 Å². The second-order valence-corrected chi connectivity index (χ2v) is 4.57. The molecule has 2 heterocycles. The Balaban J connectivity index is 1.95. The van der Waals surface area contributed by atoms with E-state index in [2.05, 4.69) is 15.6 Å². The van der Waals surface area contributed by atoms with E-state index in [1.807, 2.05) is 0 Å². The van der Waals surface area contributed by atoms with Gasteiger partial charge in [-0.1, -0.05) is 0 Å². The maximum atomic E-state index is 12.0. The third kappa shape index (κ3) is 4.06. The van der Waals surface area contributed by atoms with Crippen molar-refractivity contribution in [2.75, 3.05) is 7.11 Å². The summed E-state index contributed by atoms with van der Waals surface area (Å²) in [5, 5.41) is 18.5. The molecule has 0 aliphatic heterocycles. The maximum absolute atomic E-state index is 12.0. The number of aromatic nitrogens is 2. The molecule has 24 heavy (non-hydrogen) atoms. The SMILES string of the molecule is COc1nn([C@H](C)C(=O)N/N=C\C=C\c2ccco2)cc1[N+](=O)[O-]. The summed E-state index contributed by atoms with van der Waals surface area (Å²) in [7, 11) is 1.26. The molecule has 2 rings (SSSR count). The molecule has 2 aromatic heterocycles. The highest BCUT2D eigenvalue weighted by Crippen LogP contribution is 2.25. The van der Waals surface area contributed by atoms with Crippen LogP contribution in [0.1, 0.15) is 18.7 Å². The third-order valence-corrected chi connectivity index (χ3v) is 2.99. The Labute approximate surface area is 136 Å². The first kappa shape index (κ1) is 16.9. The van der Waals surface area contributed by atoms with E-state index in [0.717, 1.165) is 10.9 Å². The molecule has 0 aliphatic carbocycles. The molecular formula is C14H15N5O5. The molecule has 1 atom stereocenters. The predicted octanol–water partition coefficient (Wildman–Crippen LogP) is 1.77. The Morgan fingerprint density at radius 1 is 1.62 bits per heavy atom. The molecule has 0 saturated heterocycles. The van der Waals surface area contributed by atoms with Crippen LogP contribution in [0.25, 0.3) is 6.08 Å². The zero-order chi connectivity index (χ0) is 17.5. The van der Waals surface area contributed by atoms with Crippen LogP contribution in [0, 0.1) is 10.1 Å². The standard InChI is InChI=1S/C14H15N5O5/c1-10(18-9-12(19(21)22)14(17-18)23-2)13(20)16-15-7-3-5-11-6-4-8-24-11/h3-10H,1-2H3,(H,16,20)/b5-3+,15-7-/t10-/m1/s1. The number of furan rings is 1. The summed E-state index contributed by atoms with van der Waals surface area (Å²) in [5.74, 6) is -0.000627. The number of nitrogens with zero attached hydrogens (tertiary/aromatic N) is 4. The lowest BCUT2D eigenvalue weighted by molar-refractivity contribution is -0.385. The lowest BCUT2D eigenvalue weighted by atomic mass is 10.3. The highest BCUT2D eigenvalue weighted by molar-refractivity contribution is 5.82. The topological polar surface area (TPSA) is 125 Å². The van der Waals surface area contributed by atoms with Gasteiger partial charge < -0.3 is 9.15 Å². The molecule has 1 amide bonds. The molecule has 1 N–H and O–H groups in total. The fourth-order valence-electron chi connectivity index (χ4n) is 1.72. The average Bonchev–Trinajstić information content (AvgIpc) is 3.22. The van der Waals surface area contributed by atoms with Crippen LogP contribution in [0.2, 0.25) is 0 Å². The molecule has 0 radical (unpaired) electrons. The summed E-state index contributed by atoms with van der Waals surface area (Å²) in [6.45, 7) is 1.53. The van der Waals surface area contributed by atoms with Crippen molar-refractivity contribution < 1.29 is 18.9 Å². The lowest BCUT2D eigenvalue weighted by Gasteiger charge is -2.08. The summed E-state index contributed by atoms with van der Waals surface area (Å²) < 4.78 is 11.0. The summed E-state index contributed by atoms with van der Waals surface area (Å²) in [5.41, 5.74) is 2.00. The number of carbonyl (C=O) groups excluding carboxylic acids is 1. The van der Waals surface area contributed by atoms with Crippen molar-refractivity contribution in [1.29, 1.82) is 0 Å². The molecule has 0 aliphatic rings. The minimum Gasteiger partial charge on any atom is -0.475 e. The molecule has 2 aromatic rings. The van der Waals surface area contributed by atoms with Crippen molar-refractivity contribution in [3.63, 3.8) is 0 Å². The Morgan fingerprint density at radius 3 is 3.00 bits per heavy atom. The zero-order valence-corrected chi connectivity index (χ0v) is 12.9. The number of hydrazone groups is 1. The quantitative estimate of drug-likeness (QED) is 0.467. The summed E-state index contributed by atoms with van der Waals surface area (Å²) >= 11 is 0. The van der Waals surface area contributed by atoms with E-state index < -0.39 is 16.9 Å². The highest BCUT2D eigenvalue weighted by atomic mass is 16.6. The van der Waals surface area contributed by atoms with Crippen LogP contribution in [-0.4, -0.2) is 33.9 Å². The molecule has 10 nitrogen and oxygen atoms in total. The van der Waals surface area contributed by atoms with Gasteiger partial charge in [0, 0.05) is 6.21 Å². The lowest BCUT2D eigenvalue weighted by Crippen LogP contribution is -2.27. The Hall–Kier alpha value is -3.43. The number of hydrogen-bond donors (Lipinski definition) is 1. The van der Waals surface area contributed by atoms with E-state index in [9.17, 15) is 14.9 Å². The van der Waals surface area contributed by atoms with Gasteiger partial charge in [-0.05, 0) is 31.2 Å². The minimum absolute atomic E-state index is 0.162. The van der Waals surface area contributed by atoms with E-state index in [-0.39, 0.29) is 11.6 Å². The van der Waals surface area contributed by atoms with Gasteiger partial charge in [0.1, 0.15) is 18.0 Å². The van der Waals surface area contributed by atoms with Crippen LogP contribution < -0.4 is 10.2 Å². The van der Waals surface area contributed by atoms with Crippen molar-refractivity contribution in [2.45, 2.75) is 13.0 Å². The van der Waals surface area contributed by atoms with Crippen molar-refractivity contribution in [2.24, 2.45) is 5.10 Å². The summed E-state index contributed by atoms with van der Waals surface area (Å²) in [4.78, 5) is 22.2. The average molecular weight is 333 g/mol. The maximum Gasteiger partial charge on any atom is 0.350 e. The van der Waals surface area contributed by atoms with Gasteiger partial charge in [0.05, 0.1) is 18.3 Å². The molecule has 126 valence electrons. The normalized spacial score (nSPS) is 12.6. The number of amides is 1. The number of nitro groups is 1. The second-order valence-electron chi connectivity index (χ2n) is 4.57. The first-order valence-corrected chi connectivity index (χ1v) is 6.83. The first-order chi connectivity index (χ1) is 11.5. The molecular weight excluding hydrogens is 318 g/mol. The second kappa shape index (κ2) is 7.72. The Bertz CT molecular complexity index is 763. The number of rotatable bonds is 7. The van der Waals surface area contributed by atoms with Crippen LogP contribution in [0.3, 0.4) is 0 Å². The van der Waals surface area contributed by atoms with E-state index in [1.54, 1.807) is 24.3 Å². The van der Waals surface area contributed by atoms with Gasteiger partial charge in [-0.2, -0.15) is 5.10 Å². The number of carbonyl (C=O) groups is 1. The van der Waals surface area contributed by atoms with Crippen LogP contribution in [0.15, 0.2) is 40.2 Å². The summed E-state index contributed by atoms with van der Waals surface area (Å²) in [6, 6.07) is 2.71. The van der Waals surface area contributed by atoms with Gasteiger partial charge in [-0.3, -0.25) is 14.9 Å². The first-order valence-electron chi connectivity index (χ1n) is 6.83. The predicted molar refractivity (Wildman–Crippen MR) is 84.5 cm³/mol. The van der Waals surface area contributed by atoms with Gasteiger partial charge in [0.25, 0.3) is 5.91 Å². The largest absolute Gasteiger partial charge is 0.475 e.